The Balaban J connectivity index is 0.000000191. The van der Waals surface area contributed by atoms with Gasteiger partial charge in [0.2, 0.25) is 0 Å². The maximum absolute atomic E-state index is 10.3. The molecule has 1 aliphatic heterocycles. The highest BCUT2D eigenvalue weighted by Crippen LogP contribution is 2.14. The average molecular weight is 264 g/mol. The van der Waals surface area contributed by atoms with Crippen molar-refractivity contribution in [3.8, 4) is 0 Å². The molecule has 3 N–H and O–H groups in total. The minimum atomic E-state index is -0.991. The van der Waals surface area contributed by atoms with Crippen LogP contribution in [-0.4, -0.2) is 35.0 Å². The Bertz CT molecular complexity index is 410. The van der Waals surface area contributed by atoms with Gasteiger partial charge >= 0.3 is 6.09 Å². The molecule has 1 unspecified atom stereocenters. The van der Waals surface area contributed by atoms with Gasteiger partial charge in [-0.1, -0.05) is 6.07 Å². The Hall–Kier alpha value is -2.04. The number of amides is 1. The first kappa shape index (κ1) is 15.0. The fourth-order valence-corrected chi connectivity index (χ4v) is 2.18. The summed E-state index contributed by atoms with van der Waals surface area (Å²) in [7, 11) is 0. The van der Waals surface area contributed by atoms with Crippen LogP contribution in [0.1, 0.15) is 24.0 Å². The molecule has 1 saturated heterocycles. The van der Waals surface area contributed by atoms with E-state index < -0.39 is 12.1 Å². The molecule has 19 heavy (non-hydrogen) atoms. The molecule has 0 bridgehead atoms. The van der Waals surface area contributed by atoms with Gasteiger partial charge in [0.1, 0.15) is 6.29 Å². The molecule has 0 saturated carbocycles. The van der Waals surface area contributed by atoms with E-state index in [4.69, 9.17) is 10.8 Å². The molecule has 1 atom stereocenters. The Kier molecular flexibility index (Phi) is 5.36. The average Bonchev–Trinajstić information content (AvgIpc) is 2.75. The summed E-state index contributed by atoms with van der Waals surface area (Å²) < 4.78 is 0. The maximum Gasteiger partial charge on any atom is 0.407 e. The number of anilines is 1. The number of aldehydes is 1. The van der Waals surface area contributed by atoms with E-state index in [0.29, 0.717) is 19.3 Å². The number of hydrogen-bond acceptors (Lipinski definition) is 3. The minimum absolute atomic E-state index is 0.391. The highest BCUT2D eigenvalue weighted by atomic mass is 16.4. The lowest BCUT2D eigenvalue weighted by Crippen LogP contribution is -2.34. The van der Waals surface area contributed by atoms with Gasteiger partial charge in [-0.05, 0) is 49.9 Å². The van der Waals surface area contributed by atoms with Gasteiger partial charge in [-0.3, -0.25) is 4.90 Å². The predicted octanol–water partition coefficient (Wildman–Crippen LogP) is 2.21. The maximum atomic E-state index is 10.3. The molecule has 1 heterocycles. The molecule has 5 nitrogen and oxygen atoms in total. The third-order valence-corrected chi connectivity index (χ3v) is 2.95. The van der Waals surface area contributed by atoms with Crippen molar-refractivity contribution in [3.63, 3.8) is 0 Å². The van der Waals surface area contributed by atoms with Crippen molar-refractivity contribution >= 4 is 18.1 Å². The van der Waals surface area contributed by atoms with Crippen LogP contribution in [0.2, 0.25) is 0 Å². The van der Waals surface area contributed by atoms with Gasteiger partial charge in [0.15, 0.2) is 0 Å². The number of aryl methyl sites for hydroxylation is 2. The van der Waals surface area contributed by atoms with Crippen molar-refractivity contribution in [1.29, 1.82) is 0 Å². The molecule has 2 rings (SSSR count). The first-order valence-electron chi connectivity index (χ1n) is 6.22. The molecule has 1 fully saturated rings. The summed E-state index contributed by atoms with van der Waals surface area (Å²) in [5.74, 6) is 0. The molecule has 5 heteroatoms. The van der Waals surface area contributed by atoms with Crippen molar-refractivity contribution < 1.29 is 14.7 Å². The van der Waals surface area contributed by atoms with E-state index in [1.807, 2.05) is 26.0 Å². The van der Waals surface area contributed by atoms with Crippen LogP contribution in [0, 0.1) is 13.8 Å². The number of nitrogens with zero attached hydrogens (tertiary/aromatic N) is 1. The second kappa shape index (κ2) is 6.78. The molecule has 0 aromatic heterocycles. The summed E-state index contributed by atoms with van der Waals surface area (Å²) in [6, 6.07) is 5.65. The number of nitrogens with two attached hydrogens (primary N) is 1. The molecule has 0 aliphatic carbocycles. The highest BCUT2D eigenvalue weighted by molar-refractivity contribution is 5.72. The Morgan fingerprint density at radius 3 is 2.32 bits per heavy atom. The Morgan fingerprint density at radius 2 is 1.95 bits per heavy atom. The van der Waals surface area contributed by atoms with E-state index in [-0.39, 0.29) is 0 Å². The second-order valence-corrected chi connectivity index (χ2v) is 4.74. The third-order valence-electron chi connectivity index (χ3n) is 2.95. The Morgan fingerprint density at radius 1 is 1.37 bits per heavy atom. The topological polar surface area (TPSA) is 83.6 Å². The summed E-state index contributed by atoms with van der Waals surface area (Å²) in [5.41, 5.74) is 8.87. The van der Waals surface area contributed by atoms with E-state index in [2.05, 4.69) is 6.07 Å². The number of hydrogen-bond donors (Lipinski definition) is 2. The first-order valence-corrected chi connectivity index (χ1v) is 6.22. The van der Waals surface area contributed by atoms with E-state index in [9.17, 15) is 9.59 Å². The van der Waals surface area contributed by atoms with E-state index in [0.717, 1.165) is 12.1 Å². The first-order chi connectivity index (χ1) is 8.93. The van der Waals surface area contributed by atoms with Crippen molar-refractivity contribution in [1.82, 2.24) is 4.90 Å². The molecular formula is C14H20N2O3. The smallest absolute Gasteiger partial charge is 0.407 e. The van der Waals surface area contributed by atoms with E-state index in [1.54, 1.807) is 0 Å². The van der Waals surface area contributed by atoms with Crippen LogP contribution in [0.5, 0.6) is 0 Å². The van der Waals surface area contributed by atoms with Gasteiger partial charge in [-0.25, -0.2) is 4.79 Å². The van der Waals surface area contributed by atoms with Gasteiger partial charge in [0, 0.05) is 12.2 Å². The van der Waals surface area contributed by atoms with Crippen LogP contribution >= 0.6 is 0 Å². The van der Waals surface area contributed by atoms with Gasteiger partial charge in [0.25, 0.3) is 0 Å². The quantitative estimate of drug-likeness (QED) is 0.601. The largest absolute Gasteiger partial charge is 0.465 e. The number of carbonyl (C=O) groups is 2. The van der Waals surface area contributed by atoms with Crippen molar-refractivity contribution in [3.05, 3.63) is 29.3 Å². The lowest BCUT2D eigenvalue weighted by Gasteiger charge is -2.14. The normalized spacial score (nSPS) is 17.6. The molecule has 1 aliphatic rings. The van der Waals surface area contributed by atoms with Gasteiger partial charge in [0.05, 0.1) is 6.04 Å². The number of rotatable bonds is 1. The lowest BCUT2D eigenvalue weighted by molar-refractivity contribution is -0.111. The fourth-order valence-electron chi connectivity index (χ4n) is 2.18. The SMILES string of the molecule is Cc1cc(C)cc(N)c1.O=CC1CCCN1C(=O)O. The minimum Gasteiger partial charge on any atom is -0.465 e. The zero-order chi connectivity index (χ0) is 14.4. The predicted molar refractivity (Wildman–Crippen MR) is 74.1 cm³/mol. The van der Waals surface area contributed by atoms with Crippen LogP contribution in [0.4, 0.5) is 10.5 Å². The van der Waals surface area contributed by atoms with Crippen LogP contribution in [0.15, 0.2) is 18.2 Å². The van der Waals surface area contributed by atoms with Crippen LogP contribution in [0.25, 0.3) is 0 Å². The highest BCUT2D eigenvalue weighted by Gasteiger charge is 2.27. The number of carboxylic acid groups (broad SMARTS) is 1. The summed E-state index contributed by atoms with van der Waals surface area (Å²) >= 11 is 0. The van der Waals surface area contributed by atoms with Crippen molar-refractivity contribution in [2.24, 2.45) is 0 Å². The van der Waals surface area contributed by atoms with E-state index in [1.165, 1.54) is 16.0 Å². The summed E-state index contributed by atoms with van der Waals surface area (Å²) in [4.78, 5) is 21.7. The molecular weight excluding hydrogens is 244 g/mol. The van der Waals surface area contributed by atoms with Crippen LogP contribution < -0.4 is 5.73 Å². The summed E-state index contributed by atoms with van der Waals surface area (Å²) in [6.07, 6.45) is 1.18. The zero-order valence-corrected chi connectivity index (χ0v) is 11.3. The fraction of sp³-hybridized carbons (Fsp3) is 0.429. The Labute approximate surface area is 113 Å². The van der Waals surface area contributed by atoms with Gasteiger partial charge in [-0.2, -0.15) is 0 Å². The molecule has 0 radical (unpaired) electrons. The summed E-state index contributed by atoms with van der Waals surface area (Å²) in [5, 5.41) is 8.48. The second-order valence-electron chi connectivity index (χ2n) is 4.74. The van der Waals surface area contributed by atoms with Gasteiger partial charge < -0.3 is 15.6 Å². The van der Waals surface area contributed by atoms with Crippen molar-refractivity contribution in [2.75, 3.05) is 12.3 Å². The number of benzene rings is 1. The van der Waals surface area contributed by atoms with Crippen LogP contribution in [0.3, 0.4) is 0 Å². The molecule has 1 aromatic rings. The summed E-state index contributed by atoms with van der Waals surface area (Å²) in [6.45, 7) is 4.59. The molecule has 0 spiro atoms. The number of carbonyl (C=O) groups excluding carboxylic acids is 1. The molecule has 1 aromatic carbocycles. The molecule has 104 valence electrons. The number of nitrogen functional groups attached to an aromatic ring is 1. The number of likely N-dealkylation sites (tertiary alicyclic amines) is 1. The monoisotopic (exact) mass is 264 g/mol. The van der Waals surface area contributed by atoms with Crippen LogP contribution in [-0.2, 0) is 4.79 Å². The van der Waals surface area contributed by atoms with E-state index >= 15 is 0 Å². The zero-order valence-electron chi connectivity index (χ0n) is 11.3. The standard InChI is InChI=1S/C8H11N.C6H9NO3/c1-6-3-7(2)5-8(9)4-6;8-4-5-2-1-3-7(5)6(9)10/h3-5H,9H2,1-2H3;4-5H,1-3H2,(H,9,10). The third kappa shape index (κ3) is 4.62. The lowest BCUT2D eigenvalue weighted by atomic mass is 10.1. The van der Waals surface area contributed by atoms with Crippen molar-refractivity contribution in [2.45, 2.75) is 32.7 Å². The molecule has 1 amide bonds. The van der Waals surface area contributed by atoms with Gasteiger partial charge in [-0.15, -0.1) is 0 Å².